The number of rotatable bonds is 5. The summed E-state index contributed by atoms with van der Waals surface area (Å²) in [6.45, 7) is 0.849. The minimum atomic E-state index is -0.528. The summed E-state index contributed by atoms with van der Waals surface area (Å²) in [6, 6.07) is 5.91. The predicted molar refractivity (Wildman–Crippen MR) is 70.8 cm³/mol. The van der Waals surface area contributed by atoms with Crippen molar-refractivity contribution >= 4 is 12.2 Å². The van der Waals surface area contributed by atoms with Crippen molar-refractivity contribution in [2.24, 2.45) is 0 Å². The molecule has 1 amide bonds. The Hall–Kier alpha value is -1.88. The summed E-state index contributed by atoms with van der Waals surface area (Å²) in [7, 11) is 0. The lowest BCUT2D eigenvalue weighted by atomic mass is 10.1. The van der Waals surface area contributed by atoms with E-state index < -0.39 is 6.04 Å². The summed E-state index contributed by atoms with van der Waals surface area (Å²) in [4.78, 5) is 22.9. The highest BCUT2D eigenvalue weighted by Crippen LogP contribution is 2.11. The van der Waals surface area contributed by atoms with Crippen LogP contribution in [0.15, 0.2) is 24.3 Å². The molecule has 1 aliphatic heterocycles. The Morgan fingerprint density at radius 2 is 2.21 bits per heavy atom. The number of amides is 1. The Morgan fingerprint density at radius 3 is 2.79 bits per heavy atom. The number of aromatic hydroxyl groups is 1. The Morgan fingerprint density at radius 1 is 1.47 bits per heavy atom. The van der Waals surface area contributed by atoms with Crippen LogP contribution in [-0.2, 0) is 16.0 Å². The van der Waals surface area contributed by atoms with Gasteiger partial charge >= 0.3 is 0 Å². The summed E-state index contributed by atoms with van der Waals surface area (Å²) in [5.74, 6) is 0.0685. The Bertz CT molecular complexity index is 439. The number of aldehydes is 1. The van der Waals surface area contributed by atoms with Crippen LogP contribution in [0.3, 0.4) is 0 Å². The highest BCUT2D eigenvalue weighted by molar-refractivity contribution is 5.84. The van der Waals surface area contributed by atoms with E-state index in [9.17, 15) is 14.7 Å². The van der Waals surface area contributed by atoms with Crippen LogP contribution in [0.5, 0.6) is 5.75 Å². The second kappa shape index (κ2) is 6.33. The van der Waals surface area contributed by atoms with Gasteiger partial charge in [-0.3, -0.25) is 4.79 Å². The van der Waals surface area contributed by atoms with E-state index in [0.717, 1.165) is 31.2 Å². The molecule has 3 N–H and O–H groups in total. The molecule has 2 unspecified atom stereocenters. The molecule has 0 bridgehead atoms. The third-order valence-corrected chi connectivity index (χ3v) is 3.26. The van der Waals surface area contributed by atoms with Gasteiger partial charge in [0, 0.05) is 0 Å². The highest BCUT2D eigenvalue weighted by Gasteiger charge is 2.23. The van der Waals surface area contributed by atoms with Gasteiger partial charge in [-0.15, -0.1) is 0 Å². The zero-order valence-corrected chi connectivity index (χ0v) is 10.6. The van der Waals surface area contributed by atoms with Crippen LogP contribution in [-0.4, -0.2) is 35.9 Å². The van der Waals surface area contributed by atoms with Crippen molar-refractivity contribution in [2.75, 3.05) is 6.54 Å². The minimum absolute atomic E-state index is 0.117. The van der Waals surface area contributed by atoms with Crippen LogP contribution in [0.4, 0.5) is 0 Å². The fourth-order valence-corrected chi connectivity index (χ4v) is 2.21. The summed E-state index contributed by atoms with van der Waals surface area (Å²) in [5, 5.41) is 15.0. The first-order valence-corrected chi connectivity index (χ1v) is 6.46. The maximum absolute atomic E-state index is 11.9. The Labute approximate surface area is 112 Å². The molecular formula is C14H18N2O3. The first-order chi connectivity index (χ1) is 9.19. The van der Waals surface area contributed by atoms with Gasteiger partial charge in [-0.2, -0.15) is 0 Å². The average Bonchev–Trinajstić information content (AvgIpc) is 2.94. The number of carbonyl (C=O) groups excluding carboxylic acids is 2. The largest absolute Gasteiger partial charge is 0.508 e. The molecule has 5 heteroatoms. The van der Waals surface area contributed by atoms with Gasteiger partial charge in [0.25, 0.3) is 0 Å². The first-order valence-electron chi connectivity index (χ1n) is 6.46. The van der Waals surface area contributed by atoms with Crippen LogP contribution in [0, 0.1) is 0 Å². The zero-order chi connectivity index (χ0) is 13.7. The third kappa shape index (κ3) is 3.79. The molecule has 2 atom stereocenters. The lowest BCUT2D eigenvalue weighted by Crippen LogP contribution is -2.46. The Kier molecular flexibility index (Phi) is 4.52. The monoisotopic (exact) mass is 262 g/mol. The van der Waals surface area contributed by atoms with Gasteiger partial charge in [-0.25, -0.2) is 0 Å². The van der Waals surface area contributed by atoms with Crippen molar-refractivity contribution in [3.8, 4) is 5.75 Å². The predicted octanol–water partition coefficient (Wildman–Crippen LogP) is 0.370. The number of hydrogen-bond donors (Lipinski definition) is 3. The number of phenols is 1. The molecule has 1 saturated heterocycles. The number of benzene rings is 1. The molecule has 0 saturated carbocycles. The van der Waals surface area contributed by atoms with E-state index in [1.807, 2.05) is 0 Å². The molecule has 102 valence electrons. The van der Waals surface area contributed by atoms with Crippen molar-refractivity contribution in [3.63, 3.8) is 0 Å². The molecule has 1 aromatic carbocycles. The smallest absolute Gasteiger partial charge is 0.237 e. The summed E-state index contributed by atoms with van der Waals surface area (Å²) in [6.07, 6.45) is 2.99. The summed E-state index contributed by atoms with van der Waals surface area (Å²) < 4.78 is 0. The highest BCUT2D eigenvalue weighted by atomic mass is 16.3. The summed E-state index contributed by atoms with van der Waals surface area (Å²) in [5.41, 5.74) is 0.898. The maximum atomic E-state index is 11.9. The van der Waals surface area contributed by atoms with Gasteiger partial charge in [0.05, 0.1) is 12.1 Å². The molecule has 1 heterocycles. The molecule has 0 aliphatic carbocycles. The molecule has 5 nitrogen and oxygen atoms in total. The van der Waals surface area contributed by atoms with E-state index in [0.29, 0.717) is 6.42 Å². The van der Waals surface area contributed by atoms with E-state index in [2.05, 4.69) is 10.6 Å². The second-order valence-corrected chi connectivity index (χ2v) is 4.77. The van der Waals surface area contributed by atoms with E-state index in [4.69, 9.17) is 0 Å². The fraction of sp³-hybridized carbons (Fsp3) is 0.429. The van der Waals surface area contributed by atoms with E-state index in [1.165, 1.54) is 0 Å². The maximum Gasteiger partial charge on any atom is 0.237 e. The molecule has 0 spiro atoms. The minimum Gasteiger partial charge on any atom is -0.508 e. The van der Waals surface area contributed by atoms with Crippen LogP contribution in [0.1, 0.15) is 18.4 Å². The van der Waals surface area contributed by atoms with Gasteiger partial charge in [0.2, 0.25) is 5.91 Å². The van der Waals surface area contributed by atoms with Gasteiger partial charge in [-0.05, 0) is 43.5 Å². The topological polar surface area (TPSA) is 78.4 Å². The molecule has 0 radical (unpaired) electrons. The Balaban J connectivity index is 1.90. The summed E-state index contributed by atoms with van der Waals surface area (Å²) >= 11 is 0. The van der Waals surface area contributed by atoms with Crippen molar-refractivity contribution < 1.29 is 14.7 Å². The van der Waals surface area contributed by atoms with E-state index in [-0.39, 0.29) is 17.7 Å². The molecule has 1 aliphatic rings. The zero-order valence-electron chi connectivity index (χ0n) is 10.6. The number of carbonyl (C=O) groups is 2. The van der Waals surface area contributed by atoms with Crippen LogP contribution in [0.25, 0.3) is 0 Å². The molecule has 1 fully saturated rings. The number of phenolic OH excluding ortho intramolecular Hbond substituents is 1. The van der Waals surface area contributed by atoms with Crippen LogP contribution < -0.4 is 10.6 Å². The average molecular weight is 262 g/mol. The van der Waals surface area contributed by atoms with Gasteiger partial charge in [0.1, 0.15) is 12.0 Å². The van der Waals surface area contributed by atoms with Crippen molar-refractivity contribution in [3.05, 3.63) is 29.8 Å². The van der Waals surface area contributed by atoms with Gasteiger partial charge in [0.15, 0.2) is 0 Å². The van der Waals surface area contributed by atoms with Crippen molar-refractivity contribution in [2.45, 2.75) is 31.3 Å². The lowest BCUT2D eigenvalue weighted by Gasteiger charge is -2.16. The van der Waals surface area contributed by atoms with Crippen molar-refractivity contribution in [1.29, 1.82) is 0 Å². The quantitative estimate of drug-likeness (QED) is 0.670. The lowest BCUT2D eigenvalue weighted by molar-refractivity contribution is -0.125. The first kappa shape index (κ1) is 13.5. The van der Waals surface area contributed by atoms with Crippen LogP contribution >= 0.6 is 0 Å². The van der Waals surface area contributed by atoms with Gasteiger partial charge in [-0.1, -0.05) is 12.1 Å². The standard InChI is InChI=1S/C14H18N2O3/c17-9-11(8-10-3-5-12(18)6-4-10)16-14(19)13-2-1-7-15-13/h3-6,9,11,13,15,18H,1-2,7-8H2,(H,16,19). The second-order valence-electron chi connectivity index (χ2n) is 4.77. The van der Waals surface area contributed by atoms with Gasteiger partial charge < -0.3 is 20.5 Å². The van der Waals surface area contributed by atoms with E-state index >= 15 is 0 Å². The molecule has 1 aromatic rings. The molecule has 19 heavy (non-hydrogen) atoms. The SMILES string of the molecule is O=CC(Cc1ccc(O)cc1)NC(=O)C1CCCN1. The fourth-order valence-electron chi connectivity index (χ4n) is 2.21. The molecule has 0 aromatic heterocycles. The third-order valence-electron chi connectivity index (χ3n) is 3.26. The van der Waals surface area contributed by atoms with E-state index in [1.54, 1.807) is 24.3 Å². The van der Waals surface area contributed by atoms with Crippen LogP contribution in [0.2, 0.25) is 0 Å². The normalized spacial score (nSPS) is 19.9. The van der Waals surface area contributed by atoms with Crippen molar-refractivity contribution in [1.82, 2.24) is 10.6 Å². The number of hydrogen-bond acceptors (Lipinski definition) is 4. The molecule has 2 rings (SSSR count). The molecular weight excluding hydrogens is 244 g/mol. The number of nitrogens with one attached hydrogen (secondary N) is 2.